The zero-order chi connectivity index (χ0) is 13.8. The highest BCUT2D eigenvalue weighted by Crippen LogP contribution is 2.25. The Balaban J connectivity index is 2.36. The molecule has 2 rings (SSSR count). The van der Waals surface area contributed by atoms with E-state index in [4.69, 9.17) is 16.3 Å². The average molecular weight is 279 g/mol. The van der Waals surface area contributed by atoms with Crippen LogP contribution >= 0.6 is 11.6 Å². The minimum Gasteiger partial charge on any atom is -0.383 e. The summed E-state index contributed by atoms with van der Waals surface area (Å²) in [7, 11) is 1.71. The minimum absolute atomic E-state index is 0.710. The van der Waals surface area contributed by atoms with Gasteiger partial charge in [0.15, 0.2) is 0 Å². The van der Waals surface area contributed by atoms with Gasteiger partial charge in [0.2, 0.25) is 0 Å². The van der Waals surface area contributed by atoms with Gasteiger partial charge in [-0.15, -0.1) is 0 Å². The molecule has 0 unspecified atom stereocenters. The van der Waals surface area contributed by atoms with Crippen LogP contribution in [0.3, 0.4) is 0 Å². The number of benzene rings is 1. The number of nitrogens with one attached hydrogen (secondary N) is 1. The van der Waals surface area contributed by atoms with Crippen LogP contribution < -0.4 is 5.32 Å². The molecule has 1 N–H and O–H groups in total. The molecule has 0 radical (unpaired) electrons. The molecule has 0 aliphatic heterocycles. The second kappa shape index (κ2) is 6.33. The molecule has 0 saturated carbocycles. The Kier molecular flexibility index (Phi) is 4.75. The van der Waals surface area contributed by atoms with E-state index in [9.17, 15) is 0 Å². The molecule has 0 amide bonds. The second-order valence-corrected chi connectivity index (χ2v) is 5.15. The molecule has 0 aliphatic rings. The van der Waals surface area contributed by atoms with Crippen molar-refractivity contribution >= 4 is 22.5 Å². The van der Waals surface area contributed by atoms with Crippen LogP contribution in [0.1, 0.15) is 16.8 Å². The first-order valence-corrected chi connectivity index (χ1v) is 6.75. The molecule has 1 aromatic carbocycles. The highest BCUT2D eigenvalue weighted by Gasteiger charge is 2.07. The summed E-state index contributed by atoms with van der Waals surface area (Å²) in [5.74, 6) is 0. The van der Waals surface area contributed by atoms with Crippen molar-refractivity contribution in [3.8, 4) is 0 Å². The Bertz CT molecular complexity index is 584. The third-order valence-corrected chi connectivity index (χ3v) is 3.30. The van der Waals surface area contributed by atoms with Crippen molar-refractivity contribution in [2.24, 2.45) is 0 Å². The fraction of sp³-hybridized carbons (Fsp3) is 0.400. The maximum Gasteiger partial charge on any atom is 0.0738 e. The molecule has 1 aromatic heterocycles. The quantitative estimate of drug-likeness (QED) is 0.853. The fourth-order valence-corrected chi connectivity index (χ4v) is 2.48. The summed E-state index contributed by atoms with van der Waals surface area (Å²) < 4.78 is 5.03. The summed E-state index contributed by atoms with van der Waals surface area (Å²) in [5, 5.41) is 5.25. The number of halogens is 1. The van der Waals surface area contributed by atoms with E-state index in [2.05, 4.69) is 16.4 Å². The molecule has 4 heteroatoms. The highest BCUT2D eigenvalue weighted by atomic mass is 35.5. The molecule has 19 heavy (non-hydrogen) atoms. The van der Waals surface area contributed by atoms with Crippen molar-refractivity contribution in [3.05, 3.63) is 40.0 Å². The van der Waals surface area contributed by atoms with Gasteiger partial charge in [-0.1, -0.05) is 11.6 Å². The van der Waals surface area contributed by atoms with Crippen molar-refractivity contribution in [3.63, 3.8) is 0 Å². The number of hydrogen-bond acceptors (Lipinski definition) is 3. The van der Waals surface area contributed by atoms with E-state index in [0.29, 0.717) is 6.61 Å². The number of nitrogens with zero attached hydrogens (tertiary/aromatic N) is 1. The summed E-state index contributed by atoms with van der Waals surface area (Å²) >= 11 is 6.15. The van der Waals surface area contributed by atoms with E-state index < -0.39 is 0 Å². The van der Waals surface area contributed by atoms with Gasteiger partial charge >= 0.3 is 0 Å². The Hall–Kier alpha value is -1.16. The molecule has 0 atom stereocenters. The van der Waals surface area contributed by atoms with Crippen molar-refractivity contribution < 1.29 is 4.74 Å². The third kappa shape index (κ3) is 3.44. The molecule has 3 nitrogen and oxygen atoms in total. The normalized spacial score (nSPS) is 11.2. The molecule has 0 aliphatic carbocycles. The van der Waals surface area contributed by atoms with Gasteiger partial charge in [-0.05, 0) is 43.2 Å². The van der Waals surface area contributed by atoms with E-state index in [1.54, 1.807) is 7.11 Å². The molecule has 0 spiro atoms. The van der Waals surface area contributed by atoms with Crippen LogP contribution in [0, 0.1) is 13.8 Å². The lowest BCUT2D eigenvalue weighted by atomic mass is 10.0. The van der Waals surface area contributed by atoms with E-state index in [1.165, 1.54) is 5.56 Å². The number of fused-ring (bicyclic) bond motifs is 1. The van der Waals surface area contributed by atoms with Crippen molar-refractivity contribution in [2.75, 3.05) is 20.3 Å². The van der Waals surface area contributed by atoms with E-state index in [0.717, 1.165) is 40.3 Å². The predicted octanol–water partition coefficient (Wildman–Crippen LogP) is 3.24. The zero-order valence-electron chi connectivity index (χ0n) is 11.6. The maximum atomic E-state index is 6.15. The zero-order valence-corrected chi connectivity index (χ0v) is 12.3. The van der Waals surface area contributed by atoms with Crippen LogP contribution in [0.15, 0.2) is 18.2 Å². The standard InChI is InChI=1S/C15H19ClN2O/c1-10-6-13(16)8-14-12(9-17-4-5-19-3)7-11(2)18-15(10)14/h6-8,17H,4-5,9H2,1-3H3. The number of rotatable bonds is 5. The van der Waals surface area contributed by atoms with Crippen LogP contribution in [-0.4, -0.2) is 25.2 Å². The first-order valence-electron chi connectivity index (χ1n) is 6.38. The fourth-order valence-electron chi connectivity index (χ4n) is 2.21. The summed E-state index contributed by atoms with van der Waals surface area (Å²) in [6, 6.07) is 6.06. The van der Waals surface area contributed by atoms with Crippen molar-refractivity contribution in [1.82, 2.24) is 10.3 Å². The SMILES string of the molecule is COCCNCc1cc(C)nc2c(C)cc(Cl)cc12. The van der Waals surface area contributed by atoms with E-state index in [-0.39, 0.29) is 0 Å². The molecule has 1 heterocycles. The largest absolute Gasteiger partial charge is 0.383 e. The van der Waals surface area contributed by atoms with Gasteiger partial charge in [-0.25, -0.2) is 0 Å². The van der Waals surface area contributed by atoms with Gasteiger partial charge in [0.05, 0.1) is 12.1 Å². The number of aromatic nitrogens is 1. The first kappa shape index (κ1) is 14.3. The lowest BCUT2D eigenvalue weighted by molar-refractivity contribution is 0.199. The Labute approximate surface area is 118 Å². The molecule has 0 saturated heterocycles. The topological polar surface area (TPSA) is 34.1 Å². The smallest absolute Gasteiger partial charge is 0.0738 e. The number of methoxy groups -OCH3 is 1. The van der Waals surface area contributed by atoms with Crippen LogP contribution in [0.4, 0.5) is 0 Å². The second-order valence-electron chi connectivity index (χ2n) is 4.71. The van der Waals surface area contributed by atoms with Crippen LogP contribution in [0.25, 0.3) is 10.9 Å². The Morgan fingerprint density at radius 2 is 2.05 bits per heavy atom. The summed E-state index contributed by atoms with van der Waals surface area (Å²) in [5.41, 5.74) is 4.41. The number of aryl methyl sites for hydroxylation is 2. The molecule has 0 fully saturated rings. The molecule has 0 bridgehead atoms. The average Bonchev–Trinajstić information content (AvgIpc) is 2.36. The molecular weight excluding hydrogens is 260 g/mol. The summed E-state index contributed by atoms with van der Waals surface area (Å²) in [4.78, 5) is 4.61. The monoisotopic (exact) mass is 278 g/mol. The van der Waals surface area contributed by atoms with Gasteiger partial charge in [-0.3, -0.25) is 4.98 Å². The molecular formula is C15H19ClN2O. The minimum atomic E-state index is 0.710. The van der Waals surface area contributed by atoms with Crippen molar-refractivity contribution in [2.45, 2.75) is 20.4 Å². The third-order valence-electron chi connectivity index (χ3n) is 3.08. The van der Waals surface area contributed by atoms with Crippen molar-refractivity contribution in [1.29, 1.82) is 0 Å². The lowest BCUT2D eigenvalue weighted by Crippen LogP contribution is -2.18. The number of ether oxygens (including phenoxy) is 1. The van der Waals surface area contributed by atoms with Gasteiger partial charge in [0.1, 0.15) is 0 Å². The highest BCUT2D eigenvalue weighted by molar-refractivity contribution is 6.31. The lowest BCUT2D eigenvalue weighted by Gasteiger charge is -2.11. The predicted molar refractivity (Wildman–Crippen MR) is 79.8 cm³/mol. The molecule has 2 aromatic rings. The van der Waals surface area contributed by atoms with Gasteiger partial charge in [0, 0.05) is 36.3 Å². The Morgan fingerprint density at radius 1 is 1.26 bits per heavy atom. The first-order chi connectivity index (χ1) is 9.11. The maximum absolute atomic E-state index is 6.15. The van der Waals surface area contributed by atoms with Crippen LogP contribution in [-0.2, 0) is 11.3 Å². The number of pyridine rings is 1. The van der Waals surface area contributed by atoms with Gasteiger partial charge in [0.25, 0.3) is 0 Å². The van der Waals surface area contributed by atoms with Crippen LogP contribution in [0.2, 0.25) is 5.02 Å². The summed E-state index contributed by atoms with van der Waals surface area (Å²) in [6.45, 7) is 6.40. The molecule has 102 valence electrons. The van der Waals surface area contributed by atoms with E-state index in [1.807, 2.05) is 26.0 Å². The Morgan fingerprint density at radius 3 is 2.79 bits per heavy atom. The van der Waals surface area contributed by atoms with Crippen LogP contribution in [0.5, 0.6) is 0 Å². The summed E-state index contributed by atoms with van der Waals surface area (Å²) in [6.07, 6.45) is 0. The van der Waals surface area contributed by atoms with Gasteiger partial charge < -0.3 is 10.1 Å². The number of hydrogen-bond donors (Lipinski definition) is 1. The van der Waals surface area contributed by atoms with E-state index >= 15 is 0 Å². The van der Waals surface area contributed by atoms with Gasteiger partial charge in [-0.2, -0.15) is 0 Å².